The third-order valence-electron chi connectivity index (χ3n) is 2.31. The van der Waals surface area contributed by atoms with E-state index in [9.17, 15) is 4.79 Å². The Morgan fingerprint density at radius 3 is 2.88 bits per heavy atom. The predicted molar refractivity (Wildman–Crippen MR) is 70.2 cm³/mol. The van der Waals surface area contributed by atoms with Crippen molar-refractivity contribution < 1.29 is 0 Å². The van der Waals surface area contributed by atoms with Gasteiger partial charge in [-0.1, -0.05) is 15.9 Å². The van der Waals surface area contributed by atoms with Crippen LogP contribution in [0.15, 0.2) is 45.7 Å². The topological polar surface area (TPSA) is 30.0 Å². The minimum absolute atomic E-state index is 0.0296. The van der Waals surface area contributed by atoms with Crippen LogP contribution in [-0.4, -0.2) is 4.98 Å². The maximum atomic E-state index is 11.2. The predicted octanol–water partition coefficient (Wildman–Crippen LogP) is 3.52. The molecule has 78 valence electrons. The van der Waals surface area contributed by atoms with Gasteiger partial charge in [-0.3, -0.25) is 4.79 Å². The summed E-state index contributed by atoms with van der Waals surface area (Å²) in [5.41, 5.74) is 1.85. The molecule has 0 radical (unpaired) electrons. The van der Waals surface area contributed by atoms with E-state index in [0.717, 1.165) is 25.3 Å². The summed E-state index contributed by atoms with van der Waals surface area (Å²) in [4.78, 5) is 16.7. The lowest BCUT2D eigenvalue weighted by Crippen LogP contribution is -1.97. The molecule has 4 heteroatoms. The van der Waals surface area contributed by atoms with Crippen molar-refractivity contribution in [1.29, 1.82) is 0 Å². The quantitative estimate of drug-likeness (QED) is 0.593. The molecule has 1 aliphatic heterocycles. The molecule has 0 amide bonds. The maximum Gasteiger partial charge on any atom is 0.180 e. The van der Waals surface area contributed by atoms with Crippen LogP contribution in [0.3, 0.4) is 0 Å². The number of hydrogen-bond donors (Lipinski definition) is 0. The second-order valence-corrected chi connectivity index (χ2v) is 5.45. The van der Waals surface area contributed by atoms with Gasteiger partial charge in [0, 0.05) is 10.5 Å². The fraction of sp³-hybridized carbons (Fsp3) is 0. The second kappa shape index (κ2) is 3.64. The van der Waals surface area contributed by atoms with Crippen LogP contribution >= 0.6 is 27.3 Å². The fourth-order valence-corrected chi connectivity index (χ4v) is 2.91. The highest BCUT2D eigenvalue weighted by Gasteiger charge is 2.07. The Balaban J connectivity index is 2.45. The van der Waals surface area contributed by atoms with Crippen molar-refractivity contribution in [3.8, 4) is 10.6 Å². The van der Waals surface area contributed by atoms with Gasteiger partial charge in [-0.15, -0.1) is 11.3 Å². The minimum Gasteiger partial charge on any atom is -0.290 e. The molecule has 0 atom stereocenters. The molecule has 0 unspecified atom stereocenters. The number of hydrogen-bond acceptors (Lipinski definition) is 3. The van der Waals surface area contributed by atoms with Crippen molar-refractivity contribution in [1.82, 2.24) is 4.98 Å². The first-order chi connectivity index (χ1) is 7.72. The van der Waals surface area contributed by atoms with Crippen LogP contribution in [0.25, 0.3) is 20.8 Å². The Morgan fingerprint density at radius 2 is 2.00 bits per heavy atom. The van der Waals surface area contributed by atoms with Crippen LogP contribution in [0.5, 0.6) is 0 Å². The number of nitrogens with zero attached hydrogens (tertiary/aromatic N) is 1. The smallest absolute Gasteiger partial charge is 0.180 e. The molecule has 3 rings (SSSR count). The third-order valence-corrected chi connectivity index (χ3v) is 3.92. The van der Waals surface area contributed by atoms with Crippen molar-refractivity contribution in [3.63, 3.8) is 0 Å². The summed E-state index contributed by atoms with van der Waals surface area (Å²) in [5, 5.41) is 0. The first-order valence-corrected chi connectivity index (χ1v) is 6.33. The Hall–Kier alpha value is -1.26. The lowest BCUT2D eigenvalue weighted by molar-refractivity contribution is 1.40. The van der Waals surface area contributed by atoms with Gasteiger partial charge >= 0.3 is 0 Å². The highest BCUT2D eigenvalue weighted by atomic mass is 79.9. The molecule has 2 aliphatic rings. The molecule has 16 heavy (non-hydrogen) atoms. The summed E-state index contributed by atoms with van der Waals surface area (Å²) < 4.78 is 2.10. The lowest BCUT2D eigenvalue weighted by Gasteiger charge is -2.04. The van der Waals surface area contributed by atoms with Crippen LogP contribution in [0.4, 0.5) is 0 Å². The van der Waals surface area contributed by atoms with Gasteiger partial charge in [0.25, 0.3) is 0 Å². The van der Waals surface area contributed by atoms with E-state index in [-0.39, 0.29) is 5.43 Å². The SMILES string of the molecule is O=c1ccc2nc3cc(Br)ccc3sc-2c1. The van der Waals surface area contributed by atoms with E-state index in [2.05, 4.69) is 20.9 Å². The van der Waals surface area contributed by atoms with Crippen molar-refractivity contribution in [2.24, 2.45) is 0 Å². The van der Waals surface area contributed by atoms with E-state index in [1.807, 2.05) is 18.2 Å². The number of aromatic nitrogens is 1. The molecule has 0 aromatic heterocycles. The molecule has 1 heterocycles. The molecular weight excluding hydrogens is 286 g/mol. The zero-order valence-electron chi connectivity index (χ0n) is 8.11. The van der Waals surface area contributed by atoms with Gasteiger partial charge in [0.05, 0.1) is 20.8 Å². The van der Waals surface area contributed by atoms with E-state index < -0.39 is 0 Å². The van der Waals surface area contributed by atoms with Gasteiger partial charge in [0.15, 0.2) is 5.43 Å². The molecule has 0 fully saturated rings. The average molecular weight is 292 g/mol. The third kappa shape index (κ3) is 1.64. The zero-order valence-corrected chi connectivity index (χ0v) is 10.5. The van der Waals surface area contributed by atoms with Gasteiger partial charge in [-0.05, 0) is 30.3 Å². The Bertz CT molecular complexity index is 707. The molecule has 1 aromatic carbocycles. The number of rotatable bonds is 0. The summed E-state index contributed by atoms with van der Waals surface area (Å²) in [6.45, 7) is 0. The van der Waals surface area contributed by atoms with Crippen molar-refractivity contribution in [3.05, 3.63) is 51.1 Å². The Kier molecular flexibility index (Phi) is 2.26. The number of halogens is 1. The summed E-state index contributed by atoms with van der Waals surface area (Å²) in [7, 11) is 0. The van der Waals surface area contributed by atoms with Gasteiger partial charge in [0.2, 0.25) is 0 Å². The van der Waals surface area contributed by atoms with Crippen molar-refractivity contribution in [2.75, 3.05) is 0 Å². The van der Waals surface area contributed by atoms with Gasteiger partial charge in [-0.25, -0.2) is 4.98 Å². The molecule has 0 spiro atoms. The molecule has 1 aromatic rings. The van der Waals surface area contributed by atoms with Gasteiger partial charge < -0.3 is 0 Å². The standard InChI is InChI=1S/C12H6BrNOS/c13-7-1-4-11-10(5-7)14-9-3-2-8(15)6-12(9)16-11/h1-6H. The van der Waals surface area contributed by atoms with E-state index >= 15 is 0 Å². The minimum atomic E-state index is 0.0296. The summed E-state index contributed by atoms with van der Waals surface area (Å²) in [6.07, 6.45) is 0. The van der Waals surface area contributed by atoms with Crippen LogP contribution < -0.4 is 5.43 Å². The van der Waals surface area contributed by atoms with Crippen molar-refractivity contribution >= 4 is 37.5 Å². The average Bonchev–Trinajstić information content (AvgIpc) is 2.26. The normalized spacial score (nSPS) is 11.1. The van der Waals surface area contributed by atoms with E-state index in [4.69, 9.17) is 0 Å². The lowest BCUT2D eigenvalue weighted by atomic mass is 10.2. The van der Waals surface area contributed by atoms with Crippen LogP contribution in [0.2, 0.25) is 0 Å². The van der Waals surface area contributed by atoms with Crippen LogP contribution in [-0.2, 0) is 0 Å². The Labute approximate surface area is 104 Å². The number of benzene rings is 2. The second-order valence-electron chi connectivity index (χ2n) is 3.46. The van der Waals surface area contributed by atoms with Gasteiger partial charge in [0.1, 0.15) is 0 Å². The monoisotopic (exact) mass is 291 g/mol. The molecular formula is C12H6BrNOS. The highest BCUT2D eigenvalue weighted by molar-refractivity contribution is 9.10. The zero-order chi connectivity index (χ0) is 11.1. The van der Waals surface area contributed by atoms with E-state index in [1.165, 1.54) is 0 Å². The summed E-state index contributed by atoms with van der Waals surface area (Å²) in [6, 6.07) is 10.9. The maximum absolute atomic E-state index is 11.2. The highest BCUT2D eigenvalue weighted by Crippen LogP contribution is 2.30. The molecule has 1 aliphatic carbocycles. The van der Waals surface area contributed by atoms with Crippen LogP contribution in [0.1, 0.15) is 0 Å². The van der Waals surface area contributed by atoms with Crippen LogP contribution in [0, 0.1) is 0 Å². The van der Waals surface area contributed by atoms with Crippen molar-refractivity contribution in [2.45, 2.75) is 0 Å². The van der Waals surface area contributed by atoms with Gasteiger partial charge in [-0.2, -0.15) is 0 Å². The summed E-state index contributed by atoms with van der Waals surface area (Å²) in [5.74, 6) is 0. The Morgan fingerprint density at radius 1 is 1.12 bits per heavy atom. The fourth-order valence-electron chi connectivity index (χ4n) is 1.58. The number of fused-ring (bicyclic) bond motifs is 2. The summed E-state index contributed by atoms with van der Waals surface area (Å²) >= 11 is 5.01. The molecule has 2 nitrogen and oxygen atoms in total. The molecule has 0 N–H and O–H groups in total. The first kappa shape index (κ1) is 9.93. The molecule has 0 bridgehead atoms. The molecule has 0 saturated heterocycles. The first-order valence-electron chi connectivity index (χ1n) is 4.72. The molecule has 0 saturated carbocycles. The van der Waals surface area contributed by atoms with E-state index in [0.29, 0.717) is 0 Å². The van der Waals surface area contributed by atoms with E-state index in [1.54, 1.807) is 29.5 Å². The largest absolute Gasteiger partial charge is 0.290 e.